The normalized spacial score (nSPS) is 14.9. The van der Waals surface area contributed by atoms with Crippen molar-refractivity contribution in [1.82, 2.24) is 4.98 Å². The predicted molar refractivity (Wildman–Crippen MR) is 111 cm³/mol. The third kappa shape index (κ3) is 3.36. The molecule has 0 amide bonds. The van der Waals surface area contributed by atoms with Crippen molar-refractivity contribution in [2.45, 2.75) is 35.8 Å². The predicted octanol–water partition coefficient (Wildman–Crippen LogP) is 5.35. The molecule has 0 bridgehead atoms. The molecule has 0 spiro atoms. The number of aromatic nitrogens is 1. The molecule has 0 aliphatic heterocycles. The van der Waals surface area contributed by atoms with E-state index in [1.54, 1.807) is 24.0 Å². The second-order valence-corrected chi connectivity index (χ2v) is 8.33. The maximum Gasteiger partial charge on any atom is 0.322 e. The highest BCUT2D eigenvalue weighted by Crippen LogP contribution is 2.50. The highest BCUT2D eigenvalue weighted by Gasteiger charge is 2.46. The highest BCUT2D eigenvalue weighted by atomic mass is 32.2. The number of carbonyl (C=O) groups excluding carboxylic acids is 1. The molecule has 1 saturated carbocycles. The van der Waals surface area contributed by atoms with E-state index in [1.807, 2.05) is 43.3 Å². The smallest absolute Gasteiger partial charge is 0.322 e. The van der Waals surface area contributed by atoms with Gasteiger partial charge in [-0.25, -0.2) is 0 Å². The Labute approximate surface area is 168 Å². The largest absolute Gasteiger partial charge is 0.465 e. The quantitative estimate of drug-likeness (QED) is 0.551. The molecule has 1 aliphatic rings. The first-order valence-corrected chi connectivity index (χ1v) is 10.2. The van der Waals surface area contributed by atoms with Crippen molar-refractivity contribution in [3.05, 3.63) is 60.3 Å². The highest BCUT2D eigenvalue weighted by molar-refractivity contribution is 8.01. The van der Waals surface area contributed by atoms with Gasteiger partial charge in [-0.2, -0.15) is 5.26 Å². The number of hydrogen-bond donors (Lipinski definition) is 0. The first-order chi connectivity index (χ1) is 13.6. The minimum absolute atomic E-state index is 0.117. The molecule has 1 heterocycles. The van der Waals surface area contributed by atoms with Gasteiger partial charge in [0.05, 0.1) is 23.8 Å². The van der Waals surface area contributed by atoms with Gasteiger partial charge in [0.15, 0.2) is 0 Å². The van der Waals surface area contributed by atoms with Gasteiger partial charge in [-0.05, 0) is 67.6 Å². The van der Waals surface area contributed by atoms with Gasteiger partial charge in [0.25, 0.3) is 0 Å². The Morgan fingerprint density at radius 1 is 1.21 bits per heavy atom. The third-order valence-electron chi connectivity index (χ3n) is 5.14. The lowest BCUT2D eigenvalue weighted by Crippen LogP contribution is -2.43. The Balaban J connectivity index is 1.75. The van der Waals surface area contributed by atoms with Gasteiger partial charge in [0.2, 0.25) is 0 Å². The van der Waals surface area contributed by atoms with E-state index in [2.05, 4.69) is 17.1 Å². The van der Waals surface area contributed by atoms with Crippen LogP contribution in [0.4, 0.5) is 0 Å². The second-order valence-electron chi connectivity index (χ2n) is 6.90. The van der Waals surface area contributed by atoms with E-state index in [0.29, 0.717) is 12.2 Å². The van der Waals surface area contributed by atoms with Crippen LogP contribution in [0.3, 0.4) is 0 Å². The van der Waals surface area contributed by atoms with Crippen LogP contribution in [-0.4, -0.2) is 22.3 Å². The second kappa shape index (κ2) is 7.65. The Hall–Kier alpha value is -2.84. The fourth-order valence-corrected chi connectivity index (χ4v) is 4.94. The molecule has 5 heteroatoms. The standard InChI is InChI=1S/C23H20N2O2S/c1-2-27-22(26)23(10-4-11-23)28-21-9-12-25-20-8-7-18(14-19(20)21)17-6-3-5-16(13-17)15-24/h3,5-9,12-14H,2,4,10-11H2,1H3. The van der Waals surface area contributed by atoms with Gasteiger partial charge in [0, 0.05) is 16.5 Å². The summed E-state index contributed by atoms with van der Waals surface area (Å²) in [5.74, 6) is -0.117. The number of benzene rings is 2. The fraction of sp³-hybridized carbons (Fsp3) is 0.261. The molecule has 3 aromatic rings. The average Bonchev–Trinajstić information content (AvgIpc) is 2.70. The van der Waals surface area contributed by atoms with E-state index >= 15 is 0 Å². The summed E-state index contributed by atoms with van der Waals surface area (Å²) in [7, 11) is 0. The van der Waals surface area contributed by atoms with Crippen LogP contribution in [0.25, 0.3) is 22.0 Å². The van der Waals surface area contributed by atoms with Gasteiger partial charge in [0.1, 0.15) is 4.75 Å². The molecule has 0 N–H and O–H groups in total. The van der Waals surface area contributed by atoms with Crippen molar-refractivity contribution in [2.75, 3.05) is 6.61 Å². The minimum Gasteiger partial charge on any atom is -0.465 e. The Kier molecular flexibility index (Phi) is 5.06. The number of fused-ring (bicyclic) bond motifs is 1. The van der Waals surface area contributed by atoms with Crippen LogP contribution in [0, 0.1) is 11.3 Å². The number of carbonyl (C=O) groups is 1. The molecule has 1 aliphatic carbocycles. The van der Waals surface area contributed by atoms with Crippen LogP contribution in [0.2, 0.25) is 0 Å². The molecule has 0 unspecified atom stereocenters. The number of rotatable bonds is 5. The third-order valence-corrected chi connectivity index (χ3v) is 6.68. The van der Waals surface area contributed by atoms with Crippen LogP contribution >= 0.6 is 11.8 Å². The summed E-state index contributed by atoms with van der Waals surface area (Å²) in [5, 5.41) is 10.2. The molecule has 1 fully saturated rings. The van der Waals surface area contributed by atoms with Crippen LogP contribution in [0.1, 0.15) is 31.7 Å². The lowest BCUT2D eigenvalue weighted by atomic mass is 9.84. The number of nitriles is 1. The Morgan fingerprint density at radius 3 is 2.75 bits per heavy atom. The summed E-state index contributed by atoms with van der Waals surface area (Å²) in [5.41, 5.74) is 3.54. The van der Waals surface area contributed by atoms with Crippen molar-refractivity contribution in [2.24, 2.45) is 0 Å². The van der Waals surface area contributed by atoms with E-state index in [-0.39, 0.29) is 5.97 Å². The van der Waals surface area contributed by atoms with Crippen molar-refractivity contribution in [3.63, 3.8) is 0 Å². The van der Waals surface area contributed by atoms with E-state index < -0.39 is 4.75 Å². The molecule has 0 atom stereocenters. The topological polar surface area (TPSA) is 63.0 Å². The molecule has 2 aromatic carbocycles. The van der Waals surface area contributed by atoms with Crippen LogP contribution < -0.4 is 0 Å². The Morgan fingerprint density at radius 2 is 2.04 bits per heavy atom. The molecule has 0 radical (unpaired) electrons. The number of pyridine rings is 1. The van der Waals surface area contributed by atoms with E-state index in [9.17, 15) is 10.1 Å². The minimum atomic E-state index is -0.485. The van der Waals surface area contributed by atoms with Gasteiger partial charge < -0.3 is 4.74 Å². The van der Waals surface area contributed by atoms with E-state index in [4.69, 9.17) is 4.74 Å². The maximum atomic E-state index is 12.6. The molecule has 4 rings (SSSR count). The zero-order valence-electron chi connectivity index (χ0n) is 15.6. The number of hydrogen-bond acceptors (Lipinski definition) is 5. The lowest BCUT2D eigenvalue weighted by Gasteiger charge is -2.38. The first-order valence-electron chi connectivity index (χ1n) is 9.41. The lowest BCUT2D eigenvalue weighted by molar-refractivity contribution is -0.148. The van der Waals surface area contributed by atoms with Gasteiger partial charge in [-0.3, -0.25) is 9.78 Å². The van der Waals surface area contributed by atoms with Crippen LogP contribution in [-0.2, 0) is 9.53 Å². The van der Waals surface area contributed by atoms with Gasteiger partial charge >= 0.3 is 5.97 Å². The first kappa shape index (κ1) is 18.5. The number of thioether (sulfide) groups is 1. The van der Waals surface area contributed by atoms with E-state index in [1.165, 1.54) is 0 Å². The molecule has 4 nitrogen and oxygen atoms in total. The van der Waals surface area contributed by atoms with Crippen LogP contribution in [0.15, 0.2) is 59.6 Å². The SMILES string of the molecule is CCOC(=O)C1(Sc2ccnc3ccc(-c4cccc(C#N)c4)cc23)CCC1. The molecule has 1 aromatic heterocycles. The van der Waals surface area contributed by atoms with Crippen molar-refractivity contribution >= 4 is 28.6 Å². The molecular formula is C23H20N2O2S. The number of nitrogens with zero attached hydrogens (tertiary/aromatic N) is 2. The zero-order chi connectivity index (χ0) is 19.6. The number of esters is 1. The summed E-state index contributed by atoms with van der Waals surface area (Å²) < 4.78 is 4.86. The molecule has 140 valence electrons. The van der Waals surface area contributed by atoms with Crippen molar-refractivity contribution in [3.8, 4) is 17.2 Å². The summed E-state index contributed by atoms with van der Waals surface area (Å²) >= 11 is 1.60. The fourth-order valence-electron chi connectivity index (χ4n) is 3.48. The summed E-state index contributed by atoms with van der Waals surface area (Å²) in [6.45, 7) is 2.25. The van der Waals surface area contributed by atoms with Gasteiger partial charge in [-0.1, -0.05) is 18.2 Å². The molecular weight excluding hydrogens is 368 g/mol. The summed E-state index contributed by atoms with van der Waals surface area (Å²) in [4.78, 5) is 18.1. The van der Waals surface area contributed by atoms with Crippen LogP contribution in [0.5, 0.6) is 0 Å². The molecule has 0 saturated heterocycles. The van der Waals surface area contributed by atoms with E-state index in [0.717, 1.165) is 46.2 Å². The summed E-state index contributed by atoms with van der Waals surface area (Å²) in [6, 6.07) is 17.8. The average molecular weight is 388 g/mol. The van der Waals surface area contributed by atoms with Crippen molar-refractivity contribution < 1.29 is 9.53 Å². The monoisotopic (exact) mass is 388 g/mol. The molecule has 28 heavy (non-hydrogen) atoms. The number of ether oxygens (including phenoxy) is 1. The van der Waals surface area contributed by atoms with Gasteiger partial charge in [-0.15, -0.1) is 11.8 Å². The Bertz CT molecular complexity index is 1080. The van der Waals surface area contributed by atoms with Crippen molar-refractivity contribution in [1.29, 1.82) is 5.26 Å². The summed E-state index contributed by atoms with van der Waals surface area (Å²) in [6.07, 6.45) is 4.51. The zero-order valence-corrected chi connectivity index (χ0v) is 16.5. The maximum absolute atomic E-state index is 12.6.